The van der Waals surface area contributed by atoms with E-state index in [0.717, 1.165) is 33.2 Å². The standard InChI is InChI=1S/C23H27BrO2/c1-13-14(2)21-11-17(13)10-18(21)12-22(25)26-15(3)19-9-8-16-6-4-5-7-20(16)23(19)24/h4-9,13-15,17-18,21H,10-12H2,1-3H3. The van der Waals surface area contributed by atoms with Gasteiger partial charge in [0.25, 0.3) is 0 Å². The molecular formula is C23H27BrO2. The smallest absolute Gasteiger partial charge is 0.306 e. The van der Waals surface area contributed by atoms with Crippen molar-refractivity contribution >= 4 is 32.7 Å². The minimum absolute atomic E-state index is 0.0463. The number of ether oxygens (including phenoxy) is 1. The number of carbonyl (C=O) groups excluding carboxylic acids is 1. The molecule has 2 nitrogen and oxygen atoms in total. The van der Waals surface area contributed by atoms with Crippen molar-refractivity contribution in [2.24, 2.45) is 29.6 Å². The van der Waals surface area contributed by atoms with Crippen LogP contribution in [0.1, 0.15) is 51.7 Å². The molecule has 0 saturated heterocycles. The lowest BCUT2D eigenvalue weighted by Crippen LogP contribution is -2.26. The second-order valence-electron chi connectivity index (χ2n) is 8.40. The summed E-state index contributed by atoms with van der Waals surface area (Å²) in [5.41, 5.74) is 1.03. The predicted molar refractivity (Wildman–Crippen MR) is 109 cm³/mol. The minimum atomic E-state index is -0.239. The van der Waals surface area contributed by atoms with E-state index < -0.39 is 0 Å². The third-order valence-electron chi connectivity index (χ3n) is 7.10. The fraction of sp³-hybridized carbons (Fsp3) is 0.522. The second kappa shape index (κ2) is 6.99. The molecule has 6 unspecified atom stereocenters. The van der Waals surface area contributed by atoms with E-state index in [4.69, 9.17) is 4.74 Å². The highest BCUT2D eigenvalue weighted by atomic mass is 79.9. The first-order chi connectivity index (χ1) is 12.5. The Bertz CT molecular complexity index is 828. The van der Waals surface area contributed by atoms with E-state index in [-0.39, 0.29) is 12.1 Å². The topological polar surface area (TPSA) is 26.3 Å². The highest BCUT2D eigenvalue weighted by molar-refractivity contribution is 9.10. The Hall–Kier alpha value is -1.35. The summed E-state index contributed by atoms with van der Waals surface area (Å²) in [6.45, 7) is 6.71. The van der Waals surface area contributed by atoms with E-state index in [2.05, 4.69) is 54.0 Å². The van der Waals surface area contributed by atoms with Crippen molar-refractivity contribution < 1.29 is 9.53 Å². The molecule has 2 bridgehead atoms. The first-order valence-electron chi connectivity index (χ1n) is 9.82. The lowest BCUT2D eigenvalue weighted by atomic mass is 9.74. The molecule has 0 amide bonds. The highest BCUT2D eigenvalue weighted by Gasteiger charge is 2.49. The van der Waals surface area contributed by atoms with Gasteiger partial charge in [-0.2, -0.15) is 0 Å². The summed E-state index contributed by atoms with van der Waals surface area (Å²) in [7, 11) is 0. The summed E-state index contributed by atoms with van der Waals surface area (Å²) in [4.78, 5) is 12.6. The van der Waals surface area contributed by atoms with Crippen LogP contribution in [0.5, 0.6) is 0 Å². The van der Waals surface area contributed by atoms with Gasteiger partial charge in [-0.15, -0.1) is 0 Å². The van der Waals surface area contributed by atoms with Crippen LogP contribution in [0.3, 0.4) is 0 Å². The molecule has 2 aliphatic rings. The molecule has 2 aliphatic carbocycles. The molecule has 0 radical (unpaired) electrons. The fourth-order valence-electron chi connectivity index (χ4n) is 5.42. The van der Waals surface area contributed by atoms with E-state index in [1.165, 1.54) is 18.2 Å². The molecule has 3 heteroatoms. The molecule has 0 heterocycles. The Morgan fingerprint density at radius 2 is 1.92 bits per heavy atom. The highest BCUT2D eigenvalue weighted by Crippen LogP contribution is 2.56. The summed E-state index contributed by atoms with van der Waals surface area (Å²) in [5, 5.41) is 2.34. The lowest BCUT2D eigenvalue weighted by molar-refractivity contribution is -0.150. The van der Waals surface area contributed by atoms with Gasteiger partial charge in [0.05, 0.1) is 0 Å². The second-order valence-corrected chi connectivity index (χ2v) is 9.19. The van der Waals surface area contributed by atoms with Crippen LogP contribution in [0.2, 0.25) is 0 Å². The molecule has 26 heavy (non-hydrogen) atoms. The maximum atomic E-state index is 12.6. The molecular weight excluding hydrogens is 388 g/mol. The summed E-state index contributed by atoms with van der Waals surface area (Å²) < 4.78 is 6.86. The number of rotatable bonds is 4. The number of benzene rings is 2. The molecule has 0 N–H and O–H groups in total. The molecule has 2 fully saturated rings. The van der Waals surface area contributed by atoms with Gasteiger partial charge in [0.15, 0.2) is 0 Å². The maximum absolute atomic E-state index is 12.6. The Labute approximate surface area is 164 Å². The first kappa shape index (κ1) is 18.0. The van der Waals surface area contributed by atoms with E-state index >= 15 is 0 Å². The fourth-order valence-corrected chi connectivity index (χ4v) is 6.23. The minimum Gasteiger partial charge on any atom is -0.458 e. The van der Waals surface area contributed by atoms with Gasteiger partial charge in [0, 0.05) is 16.5 Å². The average Bonchev–Trinajstić information content (AvgIpc) is 3.14. The van der Waals surface area contributed by atoms with Crippen molar-refractivity contribution in [3.8, 4) is 0 Å². The van der Waals surface area contributed by atoms with Crippen molar-refractivity contribution in [2.45, 2.75) is 46.1 Å². The number of halogens is 1. The van der Waals surface area contributed by atoms with E-state index in [0.29, 0.717) is 18.3 Å². The Morgan fingerprint density at radius 3 is 2.65 bits per heavy atom. The Morgan fingerprint density at radius 1 is 1.15 bits per heavy atom. The van der Waals surface area contributed by atoms with Crippen LogP contribution in [0, 0.1) is 29.6 Å². The van der Waals surface area contributed by atoms with Gasteiger partial charge in [-0.3, -0.25) is 4.79 Å². The van der Waals surface area contributed by atoms with Crippen LogP contribution in [0.25, 0.3) is 10.8 Å². The number of carbonyl (C=O) groups is 1. The number of hydrogen-bond acceptors (Lipinski definition) is 2. The summed E-state index contributed by atoms with van der Waals surface area (Å²) in [6.07, 6.45) is 2.86. The summed E-state index contributed by atoms with van der Waals surface area (Å²) in [5.74, 6) is 3.57. The van der Waals surface area contributed by atoms with Crippen LogP contribution in [0.15, 0.2) is 40.9 Å². The molecule has 0 spiro atoms. The number of fused-ring (bicyclic) bond motifs is 3. The SMILES string of the molecule is CC(OC(=O)CC1CC2CC1C(C)C2C)c1ccc2ccccc2c1Br. The summed E-state index contributed by atoms with van der Waals surface area (Å²) in [6, 6.07) is 12.4. The van der Waals surface area contributed by atoms with Crippen molar-refractivity contribution in [2.75, 3.05) is 0 Å². The van der Waals surface area contributed by atoms with Gasteiger partial charge in [0.2, 0.25) is 0 Å². The normalized spacial score (nSPS) is 31.3. The lowest BCUT2D eigenvalue weighted by Gasteiger charge is -2.31. The number of esters is 1. The van der Waals surface area contributed by atoms with Gasteiger partial charge in [-0.1, -0.05) is 50.2 Å². The molecule has 2 aromatic carbocycles. The zero-order valence-corrected chi connectivity index (χ0v) is 17.3. The van der Waals surface area contributed by atoms with Crippen LogP contribution in [-0.2, 0) is 9.53 Å². The third kappa shape index (κ3) is 3.09. The van der Waals surface area contributed by atoms with Crippen LogP contribution >= 0.6 is 15.9 Å². The van der Waals surface area contributed by atoms with Crippen molar-refractivity contribution in [1.82, 2.24) is 0 Å². The average molecular weight is 415 g/mol. The quantitative estimate of drug-likeness (QED) is 0.531. The van der Waals surface area contributed by atoms with E-state index in [1.807, 2.05) is 19.1 Å². The first-order valence-corrected chi connectivity index (χ1v) is 10.6. The van der Waals surface area contributed by atoms with Crippen LogP contribution in [-0.4, -0.2) is 5.97 Å². The monoisotopic (exact) mass is 414 g/mol. The Kier molecular flexibility index (Phi) is 4.85. The van der Waals surface area contributed by atoms with Crippen molar-refractivity contribution in [3.05, 3.63) is 46.4 Å². The maximum Gasteiger partial charge on any atom is 0.306 e. The zero-order valence-electron chi connectivity index (χ0n) is 15.7. The van der Waals surface area contributed by atoms with Gasteiger partial charge >= 0.3 is 5.97 Å². The van der Waals surface area contributed by atoms with E-state index in [9.17, 15) is 4.79 Å². The van der Waals surface area contributed by atoms with Gasteiger partial charge in [0.1, 0.15) is 6.10 Å². The van der Waals surface area contributed by atoms with Crippen LogP contribution in [0.4, 0.5) is 0 Å². The van der Waals surface area contributed by atoms with E-state index in [1.54, 1.807) is 0 Å². The largest absolute Gasteiger partial charge is 0.458 e. The van der Waals surface area contributed by atoms with Crippen molar-refractivity contribution in [3.63, 3.8) is 0 Å². The molecule has 6 atom stereocenters. The van der Waals surface area contributed by atoms with Gasteiger partial charge in [-0.25, -0.2) is 0 Å². The van der Waals surface area contributed by atoms with Crippen LogP contribution < -0.4 is 0 Å². The zero-order chi connectivity index (χ0) is 18.4. The predicted octanol–water partition coefficient (Wildman–Crippen LogP) is 6.52. The molecule has 2 aromatic rings. The number of hydrogen-bond donors (Lipinski definition) is 0. The van der Waals surface area contributed by atoms with Gasteiger partial charge in [-0.05, 0) is 76.1 Å². The third-order valence-corrected chi connectivity index (χ3v) is 7.99. The molecule has 138 valence electrons. The molecule has 0 aliphatic heterocycles. The Balaban J connectivity index is 1.43. The molecule has 2 saturated carbocycles. The summed E-state index contributed by atoms with van der Waals surface area (Å²) >= 11 is 3.71. The molecule has 0 aromatic heterocycles. The van der Waals surface area contributed by atoms with Gasteiger partial charge < -0.3 is 4.74 Å². The van der Waals surface area contributed by atoms with Crippen molar-refractivity contribution in [1.29, 1.82) is 0 Å². The molecule has 4 rings (SSSR count).